The van der Waals surface area contributed by atoms with Crippen molar-refractivity contribution in [3.8, 4) is 0 Å². The van der Waals surface area contributed by atoms with Crippen LogP contribution in [0.5, 0.6) is 0 Å². The number of fused-ring (bicyclic) bond motifs is 1. The molecular weight excluding hydrogens is 308 g/mol. The van der Waals surface area contributed by atoms with E-state index in [0.717, 1.165) is 50.2 Å². The standard InChI is InChI=1S/C17H22N4O3/c22-16(12-3-5-18-6-4-12)19-13-1-2-14-15(11-13)24-17(20-14)21-7-9-23-10-8-21/h1-2,11-12,18H,3-10H2,(H,19,22). The molecule has 0 atom stereocenters. The number of nitrogens with zero attached hydrogens (tertiary/aromatic N) is 2. The lowest BCUT2D eigenvalue weighted by molar-refractivity contribution is -0.120. The van der Waals surface area contributed by atoms with Crippen LogP contribution in [-0.2, 0) is 9.53 Å². The largest absolute Gasteiger partial charge is 0.423 e. The highest BCUT2D eigenvalue weighted by Gasteiger charge is 2.21. The fourth-order valence-electron chi connectivity index (χ4n) is 3.21. The Morgan fingerprint density at radius 3 is 2.83 bits per heavy atom. The molecule has 2 N–H and O–H groups in total. The monoisotopic (exact) mass is 330 g/mol. The van der Waals surface area contributed by atoms with E-state index in [2.05, 4.69) is 20.5 Å². The molecule has 1 aromatic carbocycles. The number of hydrogen-bond acceptors (Lipinski definition) is 6. The Hall–Kier alpha value is -2.12. The lowest BCUT2D eigenvalue weighted by atomic mass is 9.97. The van der Waals surface area contributed by atoms with Gasteiger partial charge in [-0.2, -0.15) is 4.98 Å². The minimum absolute atomic E-state index is 0.0839. The molecule has 2 saturated heterocycles. The van der Waals surface area contributed by atoms with E-state index >= 15 is 0 Å². The SMILES string of the molecule is O=C(Nc1ccc2nc(N3CCOCC3)oc2c1)C1CCNCC1. The molecule has 4 rings (SSSR count). The molecule has 24 heavy (non-hydrogen) atoms. The van der Waals surface area contributed by atoms with Gasteiger partial charge in [0, 0.05) is 30.8 Å². The lowest BCUT2D eigenvalue weighted by Gasteiger charge is -2.24. The smallest absolute Gasteiger partial charge is 0.298 e. The summed E-state index contributed by atoms with van der Waals surface area (Å²) >= 11 is 0. The van der Waals surface area contributed by atoms with E-state index < -0.39 is 0 Å². The first-order valence-electron chi connectivity index (χ1n) is 8.54. The third-order valence-corrected chi connectivity index (χ3v) is 4.64. The number of carbonyl (C=O) groups excluding carboxylic acids is 1. The molecular formula is C17H22N4O3. The number of hydrogen-bond donors (Lipinski definition) is 2. The van der Waals surface area contributed by atoms with Crippen LogP contribution >= 0.6 is 0 Å². The minimum atomic E-state index is 0.0839. The highest BCUT2D eigenvalue weighted by molar-refractivity contribution is 5.94. The maximum Gasteiger partial charge on any atom is 0.298 e. The molecule has 1 amide bonds. The Kier molecular flexibility index (Phi) is 4.36. The van der Waals surface area contributed by atoms with Crippen LogP contribution < -0.4 is 15.5 Å². The van der Waals surface area contributed by atoms with Crippen LogP contribution in [0.25, 0.3) is 11.1 Å². The third kappa shape index (κ3) is 3.22. The summed E-state index contributed by atoms with van der Waals surface area (Å²) in [6, 6.07) is 6.24. The Balaban J connectivity index is 1.49. The Morgan fingerprint density at radius 1 is 1.25 bits per heavy atom. The van der Waals surface area contributed by atoms with Gasteiger partial charge < -0.3 is 24.7 Å². The molecule has 2 aliphatic rings. The lowest BCUT2D eigenvalue weighted by Crippen LogP contribution is -2.36. The second-order valence-corrected chi connectivity index (χ2v) is 6.29. The first kappa shape index (κ1) is 15.4. The highest BCUT2D eigenvalue weighted by atomic mass is 16.5. The quantitative estimate of drug-likeness (QED) is 0.890. The third-order valence-electron chi connectivity index (χ3n) is 4.64. The second-order valence-electron chi connectivity index (χ2n) is 6.29. The summed E-state index contributed by atoms with van der Waals surface area (Å²) in [7, 11) is 0. The van der Waals surface area contributed by atoms with E-state index in [1.54, 1.807) is 0 Å². The number of morpholine rings is 1. The van der Waals surface area contributed by atoms with E-state index in [-0.39, 0.29) is 11.8 Å². The summed E-state index contributed by atoms with van der Waals surface area (Å²) < 4.78 is 11.2. The Labute approximate surface area is 140 Å². The van der Waals surface area contributed by atoms with Gasteiger partial charge in [-0.1, -0.05) is 0 Å². The first-order chi connectivity index (χ1) is 11.8. The Morgan fingerprint density at radius 2 is 2.04 bits per heavy atom. The molecule has 2 aliphatic heterocycles. The normalized spacial score (nSPS) is 19.6. The van der Waals surface area contributed by atoms with Gasteiger partial charge in [0.15, 0.2) is 5.58 Å². The van der Waals surface area contributed by atoms with Gasteiger partial charge in [-0.05, 0) is 38.1 Å². The molecule has 0 saturated carbocycles. The molecule has 128 valence electrons. The average molecular weight is 330 g/mol. The van der Waals surface area contributed by atoms with Gasteiger partial charge >= 0.3 is 0 Å². The fourth-order valence-corrected chi connectivity index (χ4v) is 3.21. The van der Waals surface area contributed by atoms with Crippen LogP contribution in [0, 0.1) is 5.92 Å². The number of benzene rings is 1. The number of carbonyl (C=O) groups is 1. The van der Waals surface area contributed by atoms with Crippen LogP contribution in [-0.4, -0.2) is 50.3 Å². The van der Waals surface area contributed by atoms with Crippen molar-refractivity contribution in [1.29, 1.82) is 0 Å². The predicted octanol–water partition coefficient (Wildman–Crippen LogP) is 1.60. The maximum absolute atomic E-state index is 12.3. The van der Waals surface area contributed by atoms with Gasteiger partial charge in [0.25, 0.3) is 6.01 Å². The molecule has 0 aliphatic carbocycles. The molecule has 0 unspecified atom stereocenters. The summed E-state index contributed by atoms with van der Waals surface area (Å²) in [4.78, 5) is 19.0. The minimum Gasteiger partial charge on any atom is -0.423 e. The van der Waals surface area contributed by atoms with Crippen molar-refractivity contribution in [2.24, 2.45) is 5.92 Å². The van der Waals surface area contributed by atoms with Crippen molar-refractivity contribution in [1.82, 2.24) is 10.3 Å². The van der Waals surface area contributed by atoms with Crippen molar-refractivity contribution in [2.75, 3.05) is 49.6 Å². The van der Waals surface area contributed by atoms with E-state index in [9.17, 15) is 4.79 Å². The van der Waals surface area contributed by atoms with Gasteiger partial charge in [0.05, 0.1) is 13.2 Å². The summed E-state index contributed by atoms with van der Waals surface area (Å²) in [5.74, 6) is 0.171. The summed E-state index contributed by atoms with van der Waals surface area (Å²) in [5.41, 5.74) is 2.26. The topological polar surface area (TPSA) is 79.6 Å². The van der Waals surface area contributed by atoms with Crippen molar-refractivity contribution in [3.05, 3.63) is 18.2 Å². The summed E-state index contributed by atoms with van der Waals surface area (Å²) in [6.45, 7) is 4.76. The molecule has 2 aromatic rings. The predicted molar refractivity (Wildman–Crippen MR) is 91.3 cm³/mol. The van der Waals surface area contributed by atoms with Crippen molar-refractivity contribution in [2.45, 2.75) is 12.8 Å². The van der Waals surface area contributed by atoms with E-state index in [1.807, 2.05) is 18.2 Å². The average Bonchev–Trinajstić information content (AvgIpc) is 3.06. The number of anilines is 2. The van der Waals surface area contributed by atoms with Crippen molar-refractivity contribution in [3.63, 3.8) is 0 Å². The van der Waals surface area contributed by atoms with Crippen LogP contribution in [0.2, 0.25) is 0 Å². The fraction of sp³-hybridized carbons (Fsp3) is 0.529. The maximum atomic E-state index is 12.3. The van der Waals surface area contributed by atoms with E-state index in [0.29, 0.717) is 24.8 Å². The Bertz CT molecular complexity index is 718. The van der Waals surface area contributed by atoms with Crippen LogP contribution in [0.4, 0.5) is 11.7 Å². The number of rotatable bonds is 3. The molecule has 0 radical (unpaired) electrons. The zero-order chi connectivity index (χ0) is 16.4. The van der Waals surface area contributed by atoms with Gasteiger partial charge in [-0.3, -0.25) is 4.79 Å². The van der Waals surface area contributed by atoms with Gasteiger partial charge in [0.2, 0.25) is 5.91 Å². The van der Waals surface area contributed by atoms with Crippen molar-refractivity contribution < 1.29 is 13.9 Å². The zero-order valence-electron chi connectivity index (χ0n) is 13.6. The second kappa shape index (κ2) is 6.78. The van der Waals surface area contributed by atoms with Crippen LogP contribution in [0.15, 0.2) is 22.6 Å². The number of aromatic nitrogens is 1. The molecule has 0 spiro atoms. The molecule has 3 heterocycles. The molecule has 2 fully saturated rings. The van der Waals surface area contributed by atoms with E-state index in [1.165, 1.54) is 0 Å². The molecule has 0 bridgehead atoms. The van der Waals surface area contributed by atoms with E-state index in [4.69, 9.17) is 9.15 Å². The molecule has 7 heteroatoms. The zero-order valence-corrected chi connectivity index (χ0v) is 13.6. The van der Waals surface area contributed by atoms with Crippen LogP contribution in [0.1, 0.15) is 12.8 Å². The summed E-state index contributed by atoms with van der Waals surface area (Å²) in [6.07, 6.45) is 1.77. The molecule has 7 nitrogen and oxygen atoms in total. The van der Waals surface area contributed by atoms with Gasteiger partial charge in [-0.15, -0.1) is 0 Å². The van der Waals surface area contributed by atoms with Crippen LogP contribution in [0.3, 0.4) is 0 Å². The number of ether oxygens (including phenoxy) is 1. The number of nitrogens with one attached hydrogen (secondary N) is 2. The van der Waals surface area contributed by atoms with Gasteiger partial charge in [0.1, 0.15) is 5.52 Å². The highest BCUT2D eigenvalue weighted by Crippen LogP contribution is 2.26. The number of oxazole rings is 1. The number of amides is 1. The van der Waals surface area contributed by atoms with Gasteiger partial charge in [-0.25, -0.2) is 0 Å². The van der Waals surface area contributed by atoms with Crippen molar-refractivity contribution >= 4 is 28.7 Å². The first-order valence-corrected chi connectivity index (χ1v) is 8.54. The molecule has 1 aromatic heterocycles. The summed E-state index contributed by atoms with van der Waals surface area (Å²) in [5, 5.41) is 6.28. The number of piperidine rings is 1.